The first-order chi connectivity index (χ1) is 10.3. The number of methoxy groups -OCH3 is 1. The van der Waals surface area contributed by atoms with Crippen LogP contribution in [0.2, 0.25) is 0 Å². The number of carbonyl (C=O) groups excluding carboxylic acids is 2. The Bertz CT molecular complexity index is 556. The highest BCUT2D eigenvalue weighted by atomic mass is 16.5. The van der Waals surface area contributed by atoms with E-state index in [2.05, 4.69) is 24.5 Å². The fraction of sp³-hybridized carbons (Fsp3) is 0.529. The summed E-state index contributed by atoms with van der Waals surface area (Å²) in [7, 11) is 1.69. The molecule has 1 aromatic carbocycles. The molecule has 0 saturated heterocycles. The van der Waals surface area contributed by atoms with Crippen molar-refractivity contribution in [2.24, 2.45) is 5.41 Å². The SMILES string of the molecule is CO[C@@]1(C)C[C@H](NC(=O)CNC(=O)c2ccccc2)C1(C)C. The average molecular weight is 304 g/mol. The van der Waals surface area contributed by atoms with Gasteiger partial charge in [-0.1, -0.05) is 32.0 Å². The Labute approximate surface area is 131 Å². The monoisotopic (exact) mass is 304 g/mol. The van der Waals surface area contributed by atoms with Crippen LogP contribution in [0, 0.1) is 5.41 Å². The molecule has 0 aliphatic heterocycles. The molecule has 0 unspecified atom stereocenters. The summed E-state index contributed by atoms with van der Waals surface area (Å²) in [6.07, 6.45) is 0.773. The molecule has 120 valence electrons. The van der Waals surface area contributed by atoms with Crippen LogP contribution >= 0.6 is 0 Å². The molecule has 0 aromatic heterocycles. The van der Waals surface area contributed by atoms with Gasteiger partial charge in [-0.25, -0.2) is 0 Å². The van der Waals surface area contributed by atoms with Crippen LogP contribution in [0.5, 0.6) is 0 Å². The van der Waals surface area contributed by atoms with Gasteiger partial charge in [0.25, 0.3) is 5.91 Å². The zero-order valence-electron chi connectivity index (χ0n) is 13.6. The first-order valence-electron chi connectivity index (χ1n) is 7.48. The minimum atomic E-state index is -0.245. The molecule has 1 aliphatic carbocycles. The van der Waals surface area contributed by atoms with Crippen molar-refractivity contribution < 1.29 is 14.3 Å². The lowest BCUT2D eigenvalue weighted by molar-refractivity contribution is -0.182. The van der Waals surface area contributed by atoms with E-state index in [-0.39, 0.29) is 35.4 Å². The predicted octanol–water partition coefficient (Wildman–Crippen LogP) is 1.74. The van der Waals surface area contributed by atoms with Crippen LogP contribution in [0.25, 0.3) is 0 Å². The number of hydrogen-bond acceptors (Lipinski definition) is 3. The van der Waals surface area contributed by atoms with Gasteiger partial charge in [0, 0.05) is 24.1 Å². The van der Waals surface area contributed by atoms with Crippen LogP contribution in [0.4, 0.5) is 0 Å². The van der Waals surface area contributed by atoms with Gasteiger partial charge in [-0.05, 0) is 25.5 Å². The molecule has 2 amide bonds. The predicted molar refractivity (Wildman–Crippen MR) is 84.5 cm³/mol. The van der Waals surface area contributed by atoms with Crippen LogP contribution in [0.15, 0.2) is 30.3 Å². The maximum Gasteiger partial charge on any atom is 0.251 e. The van der Waals surface area contributed by atoms with Gasteiger partial charge in [-0.2, -0.15) is 0 Å². The Balaban J connectivity index is 1.81. The quantitative estimate of drug-likeness (QED) is 0.870. The highest BCUT2D eigenvalue weighted by Crippen LogP contribution is 2.51. The van der Waals surface area contributed by atoms with Gasteiger partial charge in [0.1, 0.15) is 0 Å². The lowest BCUT2D eigenvalue weighted by Gasteiger charge is -2.59. The fourth-order valence-corrected chi connectivity index (χ4v) is 2.82. The minimum Gasteiger partial charge on any atom is -0.378 e. The van der Waals surface area contributed by atoms with Gasteiger partial charge >= 0.3 is 0 Å². The van der Waals surface area contributed by atoms with Gasteiger partial charge in [0.15, 0.2) is 0 Å². The van der Waals surface area contributed by atoms with E-state index in [0.717, 1.165) is 6.42 Å². The van der Waals surface area contributed by atoms with Crippen LogP contribution in [0.3, 0.4) is 0 Å². The summed E-state index contributed by atoms with van der Waals surface area (Å²) in [6, 6.07) is 8.90. The smallest absolute Gasteiger partial charge is 0.251 e. The molecule has 1 saturated carbocycles. The molecule has 1 aromatic rings. The molecule has 2 atom stereocenters. The maximum absolute atomic E-state index is 12.0. The molecule has 0 heterocycles. The third-order valence-corrected chi connectivity index (χ3v) is 5.06. The second-order valence-corrected chi connectivity index (χ2v) is 6.53. The molecule has 1 aliphatic rings. The number of benzene rings is 1. The first-order valence-corrected chi connectivity index (χ1v) is 7.48. The van der Waals surface area contributed by atoms with E-state index in [9.17, 15) is 9.59 Å². The number of nitrogens with one attached hydrogen (secondary N) is 2. The maximum atomic E-state index is 12.0. The number of rotatable bonds is 5. The molecule has 2 N–H and O–H groups in total. The third-order valence-electron chi connectivity index (χ3n) is 5.06. The number of hydrogen-bond donors (Lipinski definition) is 2. The zero-order chi connectivity index (χ0) is 16.4. The second-order valence-electron chi connectivity index (χ2n) is 6.53. The van der Waals surface area contributed by atoms with Gasteiger partial charge in [0.05, 0.1) is 12.1 Å². The van der Waals surface area contributed by atoms with Crippen LogP contribution in [0.1, 0.15) is 37.6 Å². The van der Waals surface area contributed by atoms with E-state index in [1.807, 2.05) is 13.0 Å². The standard InChI is InChI=1S/C17H24N2O3/c1-16(2)13(10-17(16,3)22-4)19-14(20)11-18-15(21)12-8-6-5-7-9-12/h5-9,13H,10-11H2,1-4H3,(H,18,21)(H,19,20)/t13-,17-/m0/s1. The van der Waals surface area contributed by atoms with Gasteiger partial charge in [-0.3, -0.25) is 9.59 Å². The van der Waals surface area contributed by atoms with Crippen molar-refractivity contribution >= 4 is 11.8 Å². The van der Waals surface area contributed by atoms with Crippen molar-refractivity contribution in [3.8, 4) is 0 Å². The van der Waals surface area contributed by atoms with E-state index in [4.69, 9.17) is 4.74 Å². The average Bonchev–Trinajstić information content (AvgIpc) is 2.52. The lowest BCUT2D eigenvalue weighted by atomic mass is 9.56. The molecule has 0 bridgehead atoms. The van der Waals surface area contributed by atoms with E-state index >= 15 is 0 Å². The molecule has 0 radical (unpaired) electrons. The Morgan fingerprint density at radius 3 is 2.41 bits per heavy atom. The van der Waals surface area contributed by atoms with Gasteiger partial charge in [-0.15, -0.1) is 0 Å². The van der Waals surface area contributed by atoms with Gasteiger partial charge < -0.3 is 15.4 Å². The van der Waals surface area contributed by atoms with E-state index in [1.165, 1.54) is 0 Å². The Morgan fingerprint density at radius 2 is 1.86 bits per heavy atom. The minimum absolute atomic E-state index is 0.0238. The van der Waals surface area contributed by atoms with Crippen LogP contribution in [-0.4, -0.2) is 37.1 Å². The Kier molecular flexibility index (Phi) is 4.56. The molecular weight excluding hydrogens is 280 g/mol. The summed E-state index contributed by atoms with van der Waals surface area (Å²) in [5.74, 6) is -0.425. The lowest BCUT2D eigenvalue weighted by Crippen LogP contribution is -2.69. The summed E-state index contributed by atoms with van der Waals surface area (Å²) >= 11 is 0. The van der Waals surface area contributed by atoms with Crippen LogP contribution in [-0.2, 0) is 9.53 Å². The van der Waals surface area contributed by atoms with Gasteiger partial charge in [0.2, 0.25) is 5.91 Å². The van der Waals surface area contributed by atoms with E-state index < -0.39 is 0 Å². The molecule has 5 heteroatoms. The topological polar surface area (TPSA) is 67.4 Å². The molecular formula is C17H24N2O3. The largest absolute Gasteiger partial charge is 0.378 e. The third kappa shape index (κ3) is 2.99. The van der Waals surface area contributed by atoms with Crippen LogP contribution < -0.4 is 10.6 Å². The summed E-state index contributed by atoms with van der Waals surface area (Å²) in [5.41, 5.74) is 0.185. The molecule has 1 fully saturated rings. The second kappa shape index (κ2) is 6.08. The summed E-state index contributed by atoms with van der Waals surface area (Å²) in [5, 5.41) is 5.60. The van der Waals surface area contributed by atoms with E-state index in [1.54, 1.807) is 31.4 Å². The summed E-state index contributed by atoms with van der Waals surface area (Å²) in [4.78, 5) is 23.9. The molecule has 2 rings (SSSR count). The summed E-state index contributed by atoms with van der Waals surface area (Å²) < 4.78 is 5.54. The van der Waals surface area contributed by atoms with Crippen molar-refractivity contribution in [2.45, 2.75) is 38.8 Å². The highest BCUT2D eigenvalue weighted by Gasteiger charge is 2.58. The fourth-order valence-electron chi connectivity index (χ4n) is 2.82. The van der Waals surface area contributed by atoms with E-state index in [0.29, 0.717) is 5.56 Å². The molecule has 0 spiro atoms. The van der Waals surface area contributed by atoms with Crippen molar-refractivity contribution in [1.29, 1.82) is 0 Å². The first kappa shape index (κ1) is 16.5. The number of amides is 2. The Morgan fingerprint density at radius 1 is 1.23 bits per heavy atom. The summed E-state index contributed by atoms with van der Waals surface area (Å²) in [6.45, 7) is 6.18. The van der Waals surface area contributed by atoms with Crippen molar-refractivity contribution in [3.63, 3.8) is 0 Å². The normalized spacial score (nSPS) is 25.9. The Hall–Kier alpha value is -1.88. The zero-order valence-corrected chi connectivity index (χ0v) is 13.6. The van der Waals surface area contributed by atoms with Crippen molar-refractivity contribution in [1.82, 2.24) is 10.6 Å². The highest BCUT2D eigenvalue weighted by molar-refractivity contribution is 5.96. The van der Waals surface area contributed by atoms with Crippen molar-refractivity contribution in [2.75, 3.05) is 13.7 Å². The number of ether oxygens (including phenoxy) is 1. The van der Waals surface area contributed by atoms with Crippen molar-refractivity contribution in [3.05, 3.63) is 35.9 Å². The molecule has 5 nitrogen and oxygen atoms in total. The number of carbonyl (C=O) groups is 2. The molecule has 22 heavy (non-hydrogen) atoms.